The first-order valence-corrected chi connectivity index (χ1v) is 10.9. The normalized spacial score (nSPS) is 15.9. The minimum atomic E-state index is -0.145. The lowest BCUT2D eigenvalue weighted by Crippen LogP contribution is -2.04. The molecule has 0 aliphatic heterocycles. The zero-order chi connectivity index (χ0) is 20.1. The van der Waals surface area contributed by atoms with Crippen LogP contribution in [0.25, 0.3) is 0 Å². The maximum atomic E-state index is 10.6. The molecule has 0 spiro atoms. The molecule has 1 aliphatic rings. The van der Waals surface area contributed by atoms with Crippen LogP contribution in [0.5, 0.6) is 17.2 Å². The fraction of sp³-hybridized carbons (Fsp3) is 0.750. The highest BCUT2D eigenvalue weighted by atomic mass is 16.3. The van der Waals surface area contributed by atoms with Gasteiger partial charge in [0.15, 0.2) is 11.5 Å². The topological polar surface area (TPSA) is 60.7 Å². The van der Waals surface area contributed by atoms with Crippen molar-refractivity contribution >= 4 is 0 Å². The van der Waals surface area contributed by atoms with Crippen LogP contribution in [-0.2, 0) is 12.8 Å². The Bertz CT molecular complexity index is 609. The molecule has 2 rings (SSSR count). The number of benzene rings is 1. The Morgan fingerprint density at radius 1 is 0.852 bits per heavy atom. The first-order chi connectivity index (χ1) is 12.6. The molecule has 0 aromatic heterocycles. The van der Waals surface area contributed by atoms with Crippen LogP contribution in [0.1, 0.15) is 103 Å². The third kappa shape index (κ3) is 7.27. The highest BCUT2D eigenvalue weighted by Crippen LogP contribution is 2.49. The number of phenols is 3. The molecule has 154 valence electrons. The summed E-state index contributed by atoms with van der Waals surface area (Å²) in [6.45, 7) is 9.11. The van der Waals surface area contributed by atoms with Gasteiger partial charge in [-0.1, -0.05) is 53.4 Å². The second kappa shape index (κ2) is 9.21. The number of hydrogen-bond acceptors (Lipinski definition) is 3. The van der Waals surface area contributed by atoms with E-state index in [1.54, 1.807) is 0 Å². The van der Waals surface area contributed by atoms with E-state index in [9.17, 15) is 15.3 Å². The minimum Gasteiger partial charge on any atom is -0.507 e. The van der Waals surface area contributed by atoms with E-state index in [0.717, 1.165) is 44.1 Å². The first kappa shape index (κ1) is 21.9. The van der Waals surface area contributed by atoms with Crippen molar-refractivity contribution in [1.29, 1.82) is 0 Å². The second-order valence-electron chi connectivity index (χ2n) is 10.2. The highest BCUT2D eigenvalue weighted by Gasteiger charge is 2.35. The number of phenolic OH excluding ortho intramolecular Hbond substituents is 3. The molecule has 1 aromatic rings. The lowest BCUT2D eigenvalue weighted by molar-refractivity contribution is 0.356. The molecular formula is C24H40O3. The number of rotatable bonds is 11. The third-order valence-electron chi connectivity index (χ3n) is 6.11. The summed E-state index contributed by atoms with van der Waals surface area (Å²) in [5.41, 5.74) is 2.25. The smallest absolute Gasteiger partial charge is 0.164 e. The predicted molar refractivity (Wildman–Crippen MR) is 113 cm³/mol. The van der Waals surface area contributed by atoms with Gasteiger partial charge in [0.25, 0.3) is 0 Å². The van der Waals surface area contributed by atoms with E-state index in [0.29, 0.717) is 22.8 Å². The standard InChI is InChI=1S/C24H40O3/c1-23(2,3)13-9-6-8-12-19-21(26)18(17-20(25)22(19)27)11-7-5-10-14-24(4)15-16-24/h17,25-27H,5-16H2,1-4H3. The van der Waals surface area contributed by atoms with Gasteiger partial charge in [-0.05, 0) is 73.8 Å². The van der Waals surface area contributed by atoms with Crippen LogP contribution >= 0.6 is 0 Å². The zero-order valence-electron chi connectivity index (χ0n) is 17.9. The third-order valence-corrected chi connectivity index (χ3v) is 6.11. The maximum Gasteiger partial charge on any atom is 0.164 e. The Morgan fingerprint density at radius 2 is 1.48 bits per heavy atom. The molecule has 1 aliphatic carbocycles. The van der Waals surface area contributed by atoms with Gasteiger partial charge in [0.1, 0.15) is 5.75 Å². The summed E-state index contributed by atoms with van der Waals surface area (Å²) < 4.78 is 0. The molecule has 0 bridgehead atoms. The molecule has 0 amide bonds. The molecule has 1 fully saturated rings. The van der Waals surface area contributed by atoms with Crippen molar-refractivity contribution in [2.24, 2.45) is 10.8 Å². The number of hydrogen-bond donors (Lipinski definition) is 3. The molecule has 0 radical (unpaired) electrons. The lowest BCUT2D eigenvalue weighted by Gasteiger charge is -2.18. The van der Waals surface area contributed by atoms with Crippen molar-refractivity contribution in [3.63, 3.8) is 0 Å². The van der Waals surface area contributed by atoms with E-state index in [1.807, 2.05) is 0 Å². The van der Waals surface area contributed by atoms with E-state index >= 15 is 0 Å². The maximum absolute atomic E-state index is 10.6. The van der Waals surface area contributed by atoms with Gasteiger partial charge in [0.2, 0.25) is 0 Å². The summed E-state index contributed by atoms with van der Waals surface area (Å²) in [7, 11) is 0. The fourth-order valence-electron chi connectivity index (χ4n) is 3.83. The molecule has 3 heteroatoms. The van der Waals surface area contributed by atoms with Gasteiger partial charge >= 0.3 is 0 Å². The van der Waals surface area contributed by atoms with Crippen molar-refractivity contribution in [3.8, 4) is 17.2 Å². The van der Waals surface area contributed by atoms with Gasteiger partial charge < -0.3 is 15.3 Å². The lowest BCUT2D eigenvalue weighted by atomic mass is 9.89. The summed E-state index contributed by atoms with van der Waals surface area (Å²) in [6, 6.07) is 1.54. The molecule has 0 heterocycles. The van der Waals surface area contributed by atoms with Gasteiger partial charge in [-0.25, -0.2) is 0 Å². The van der Waals surface area contributed by atoms with Gasteiger partial charge in [0, 0.05) is 5.56 Å². The Morgan fingerprint density at radius 3 is 2.11 bits per heavy atom. The van der Waals surface area contributed by atoms with E-state index in [4.69, 9.17) is 0 Å². The largest absolute Gasteiger partial charge is 0.507 e. The molecule has 0 saturated heterocycles. The molecule has 3 N–H and O–H groups in total. The Kier molecular flexibility index (Phi) is 7.47. The Hall–Kier alpha value is -1.38. The summed E-state index contributed by atoms with van der Waals surface area (Å²) in [5.74, 6) is -0.0537. The fourth-order valence-corrected chi connectivity index (χ4v) is 3.83. The van der Waals surface area contributed by atoms with Crippen LogP contribution in [0.15, 0.2) is 6.07 Å². The van der Waals surface area contributed by atoms with Gasteiger partial charge in [-0.3, -0.25) is 0 Å². The SMILES string of the molecule is CC(C)(C)CCCCCc1c(O)c(O)cc(CCCCCC2(C)CC2)c1O. The summed E-state index contributed by atoms with van der Waals surface area (Å²) in [6.07, 6.45) is 13.1. The summed E-state index contributed by atoms with van der Waals surface area (Å²) in [4.78, 5) is 0. The molecule has 0 atom stereocenters. The number of aromatic hydroxyl groups is 3. The van der Waals surface area contributed by atoms with Crippen LogP contribution in [0.2, 0.25) is 0 Å². The second-order valence-corrected chi connectivity index (χ2v) is 10.2. The first-order valence-electron chi connectivity index (χ1n) is 10.9. The average molecular weight is 377 g/mol. The molecule has 27 heavy (non-hydrogen) atoms. The quantitative estimate of drug-likeness (QED) is 0.225. The summed E-state index contributed by atoms with van der Waals surface area (Å²) >= 11 is 0. The van der Waals surface area contributed by atoms with E-state index in [1.165, 1.54) is 38.2 Å². The van der Waals surface area contributed by atoms with Crippen molar-refractivity contribution in [2.45, 2.75) is 105 Å². The zero-order valence-corrected chi connectivity index (χ0v) is 17.9. The van der Waals surface area contributed by atoms with Crippen molar-refractivity contribution in [1.82, 2.24) is 0 Å². The Balaban J connectivity index is 1.83. The molecule has 1 saturated carbocycles. The number of aryl methyl sites for hydroxylation is 1. The van der Waals surface area contributed by atoms with Crippen LogP contribution in [0.4, 0.5) is 0 Å². The molecular weight excluding hydrogens is 336 g/mol. The van der Waals surface area contributed by atoms with E-state index in [2.05, 4.69) is 27.7 Å². The van der Waals surface area contributed by atoms with E-state index < -0.39 is 0 Å². The van der Waals surface area contributed by atoms with Crippen molar-refractivity contribution in [2.75, 3.05) is 0 Å². The molecule has 1 aromatic carbocycles. The van der Waals surface area contributed by atoms with Crippen molar-refractivity contribution in [3.05, 3.63) is 17.2 Å². The van der Waals surface area contributed by atoms with Gasteiger partial charge in [-0.2, -0.15) is 0 Å². The highest BCUT2D eigenvalue weighted by molar-refractivity contribution is 5.56. The van der Waals surface area contributed by atoms with E-state index in [-0.39, 0.29) is 17.2 Å². The van der Waals surface area contributed by atoms with Gasteiger partial charge in [0.05, 0.1) is 0 Å². The van der Waals surface area contributed by atoms with Crippen molar-refractivity contribution < 1.29 is 15.3 Å². The van der Waals surface area contributed by atoms with Gasteiger partial charge in [-0.15, -0.1) is 0 Å². The number of unbranched alkanes of at least 4 members (excludes halogenated alkanes) is 4. The van der Waals surface area contributed by atoms with Crippen LogP contribution in [-0.4, -0.2) is 15.3 Å². The van der Waals surface area contributed by atoms with Crippen LogP contribution < -0.4 is 0 Å². The molecule has 0 unspecified atom stereocenters. The van der Waals surface area contributed by atoms with Crippen LogP contribution in [0, 0.1) is 10.8 Å². The predicted octanol–water partition coefficient (Wildman–Crippen LogP) is 6.86. The molecule has 3 nitrogen and oxygen atoms in total. The Labute approximate surface area is 165 Å². The summed E-state index contributed by atoms with van der Waals surface area (Å²) in [5, 5.41) is 30.9. The minimum absolute atomic E-state index is 0.0991. The van der Waals surface area contributed by atoms with Crippen LogP contribution in [0.3, 0.4) is 0 Å². The monoisotopic (exact) mass is 376 g/mol. The average Bonchev–Trinajstić information content (AvgIpc) is 3.31.